The maximum Gasteiger partial charge on any atom is 0.413 e. The second-order valence-corrected chi connectivity index (χ2v) is 15.3. The number of amidine groups is 1. The van der Waals surface area contributed by atoms with Crippen molar-refractivity contribution in [3.05, 3.63) is 47.7 Å². The summed E-state index contributed by atoms with van der Waals surface area (Å²) >= 11 is 0. The maximum atomic E-state index is 15.3. The van der Waals surface area contributed by atoms with Crippen LogP contribution in [0, 0.1) is 5.82 Å². The van der Waals surface area contributed by atoms with Gasteiger partial charge in [0.15, 0.2) is 0 Å². The van der Waals surface area contributed by atoms with Crippen LogP contribution < -0.4 is 15.4 Å². The summed E-state index contributed by atoms with van der Waals surface area (Å²) in [5.74, 6) is 2.62. The minimum Gasteiger partial charge on any atom is -0.480 e. The molecule has 37 heavy (non-hydrogen) atoms. The normalized spacial score (nSPS) is 22.4. The first-order valence-corrected chi connectivity index (χ1v) is 14.2. The largest absolute Gasteiger partial charge is 0.480 e. The Morgan fingerprint density at radius 2 is 1.78 bits per heavy atom. The Kier molecular flexibility index (Phi) is 6.72. The van der Waals surface area contributed by atoms with Crippen molar-refractivity contribution in [2.24, 2.45) is 4.99 Å². The molecule has 3 heterocycles. The number of hydrogen-bond donors (Lipinski definition) is 2. The topological polar surface area (TPSA) is 115 Å². The third-order valence-corrected chi connectivity index (χ3v) is 11.6. The van der Waals surface area contributed by atoms with E-state index in [-0.39, 0.29) is 10.4 Å². The number of rotatable bonds is 4. The third kappa shape index (κ3) is 5.41. The van der Waals surface area contributed by atoms with Crippen molar-refractivity contribution in [1.29, 1.82) is 0 Å². The lowest BCUT2D eigenvalue weighted by Crippen LogP contribution is -2.53. The molecule has 1 aromatic heterocycles. The van der Waals surface area contributed by atoms with Crippen LogP contribution in [0.4, 0.5) is 14.9 Å². The molecule has 1 aromatic carbocycles. The molecule has 2 amide bonds. The Morgan fingerprint density at radius 1 is 1.08 bits per heavy atom. The van der Waals surface area contributed by atoms with Crippen molar-refractivity contribution < 1.29 is 23.5 Å². The van der Waals surface area contributed by atoms with Crippen LogP contribution in [0.2, 0.25) is 0 Å². The van der Waals surface area contributed by atoms with Gasteiger partial charge >= 0.3 is 6.09 Å². The number of carbonyl (C=O) groups is 2. The minimum atomic E-state index is -1.19. The number of ether oxygens (including phenoxy) is 2. The van der Waals surface area contributed by atoms with E-state index in [1.165, 1.54) is 31.6 Å². The Balaban J connectivity index is 1.66. The van der Waals surface area contributed by atoms with Crippen molar-refractivity contribution >= 4 is 33.6 Å². The number of methoxy groups -OCH3 is 1. The molecule has 4 rings (SSSR count). The van der Waals surface area contributed by atoms with Crippen molar-refractivity contribution in [2.45, 2.75) is 57.4 Å². The highest BCUT2D eigenvalue weighted by atomic mass is 32.3. The molecule has 0 bridgehead atoms. The zero-order chi connectivity index (χ0) is 27.2. The van der Waals surface area contributed by atoms with Crippen molar-refractivity contribution in [1.82, 2.24) is 15.3 Å². The first kappa shape index (κ1) is 26.8. The highest BCUT2D eigenvalue weighted by molar-refractivity contribution is 8.41. The van der Waals surface area contributed by atoms with E-state index in [2.05, 4.69) is 34.4 Å². The molecule has 2 aliphatic rings. The molecule has 1 atom stereocenters. The van der Waals surface area contributed by atoms with Gasteiger partial charge in [0, 0.05) is 17.0 Å². The predicted octanol–water partition coefficient (Wildman–Crippen LogP) is 4.63. The lowest BCUT2D eigenvalue weighted by molar-refractivity contribution is 0.0560. The number of alkyl carbamates (subject to hydrolysis) is 1. The molecule has 0 saturated carbocycles. The summed E-state index contributed by atoms with van der Waals surface area (Å²) in [7, 11) is 0.267. The quantitative estimate of drug-likeness (QED) is 0.556. The molecule has 1 saturated heterocycles. The molecular formula is C26H34FN5O4S. The molecule has 1 spiro atoms. The Morgan fingerprint density at radius 3 is 2.35 bits per heavy atom. The maximum absolute atomic E-state index is 15.3. The fourth-order valence-corrected chi connectivity index (χ4v) is 8.84. The Hall–Kier alpha value is -3.21. The third-order valence-electron chi connectivity index (χ3n) is 6.76. The molecule has 2 N–H and O–H groups in total. The van der Waals surface area contributed by atoms with Crippen LogP contribution in [0.15, 0.2) is 35.6 Å². The van der Waals surface area contributed by atoms with Gasteiger partial charge in [0.1, 0.15) is 22.9 Å². The Labute approximate surface area is 218 Å². The molecule has 11 heteroatoms. The SMILES string of the molecule is COc1cnc(C(=O)Nc2ccc(F)c([C@]3(C)CS4(CC4)C(C)(C)C(NC(=O)OC(C)(C)C)=N3)c2)cn1. The van der Waals surface area contributed by atoms with E-state index < -0.39 is 39.0 Å². The number of hydrogen-bond acceptors (Lipinski definition) is 7. The average molecular weight is 532 g/mol. The van der Waals surface area contributed by atoms with Gasteiger partial charge in [-0.2, -0.15) is 0 Å². The summed E-state index contributed by atoms with van der Waals surface area (Å²) in [5, 5.41) is 5.64. The van der Waals surface area contributed by atoms with Gasteiger partial charge in [-0.05, 0) is 71.2 Å². The van der Waals surface area contributed by atoms with E-state index in [1.54, 1.807) is 26.8 Å². The van der Waals surface area contributed by atoms with Gasteiger partial charge in [0.05, 0.1) is 29.8 Å². The summed E-state index contributed by atoms with van der Waals surface area (Å²) in [6, 6.07) is 4.42. The van der Waals surface area contributed by atoms with Crippen molar-refractivity contribution in [3.8, 4) is 5.88 Å². The number of aromatic nitrogens is 2. The average Bonchev–Trinajstić information content (AvgIpc) is 3.58. The van der Waals surface area contributed by atoms with Gasteiger partial charge in [0.25, 0.3) is 5.91 Å². The first-order valence-electron chi connectivity index (χ1n) is 12.0. The molecule has 0 aliphatic carbocycles. The molecule has 1 fully saturated rings. The number of aliphatic imine (C=N–C) groups is 1. The second kappa shape index (κ2) is 9.27. The highest BCUT2D eigenvalue weighted by Gasteiger charge is 2.59. The molecule has 200 valence electrons. The summed E-state index contributed by atoms with van der Waals surface area (Å²) in [6.07, 6.45) is 2.07. The van der Waals surface area contributed by atoms with Crippen molar-refractivity contribution in [2.75, 3.05) is 29.7 Å². The smallest absolute Gasteiger partial charge is 0.413 e. The number of nitrogens with one attached hydrogen (secondary N) is 2. The summed E-state index contributed by atoms with van der Waals surface area (Å²) in [5.41, 5.74) is -0.744. The monoisotopic (exact) mass is 531 g/mol. The predicted molar refractivity (Wildman–Crippen MR) is 143 cm³/mol. The van der Waals surface area contributed by atoms with Crippen LogP contribution in [0.25, 0.3) is 0 Å². The van der Waals surface area contributed by atoms with Crippen LogP contribution in [-0.2, 0) is 10.3 Å². The zero-order valence-corrected chi connectivity index (χ0v) is 23.1. The van der Waals surface area contributed by atoms with Crippen LogP contribution in [0.5, 0.6) is 5.88 Å². The number of benzene rings is 1. The first-order chi connectivity index (χ1) is 17.2. The second-order valence-electron chi connectivity index (χ2n) is 11.1. The van der Waals surface area contributed by atoms with E-state index in [1.807, 2.05) is 6.92 Å². The molecule has 9 nitrogen and oxygen atoms in total. The number of amides is 2. The van der Waals surface area contributed by atoms with Crippen LogP contribution >= 0.6 is 10.0 Å². The highest BCUT2D eigenvalue weighted by Crippen LogP contribution is 2.74. The summed E-state index contributed by atoms with van der Waals surface area (Å²) in [6.45, 7) is 11.5. The van der Waals surface area contributed by atoms with Gasteiger partial charge in [0.2, 0.25) is 5.88 Å². The van der Waals surface area contributed by atoms with Crippen LogP contribution in [-0.4, -0.2) is 62.5 Å². The minimum absolute atomic E-state index is 0.0977. The Bertz CT molecular complexity index is 1250. The van der Waals surface area contributed by atoms with Gasteiger partial charge in [-0.3, -0.25) is 15.1 Å². The van der Waals surface area contributed by atoms with Gasteiger partial charge in [-0.1, -0.05) is 0 Å². The van der Waals surface area contributed by atoms with E-state index in [4.69, 9.17) is 14.5 Å². The lowest BCUT2D eigenvalue weighted by Gasteiger charge is -2.49. The van der Waals surface area contributed by atoms with Crippen LogP contribution in [0.1, 0.15) is 57.6 Å². The van der Waals surface area contributed by atoms with E-state index in [0.29, 0.717) is 28.7 Å². The van der Waals surface area contributed by atoms with Crippen molar-refractivity contribution in [3.63, 3.8) is 0 Å². The number of anilines is 1. The lowest BCUT2D eigenvalue weighted by atomic mass is 9.92. The molecule has 0 radical (unpaired) electrons. The van der Waals surface area contributed by atoms with E-state index >= 15 is 4.39 Å². The van der Waals surface area contributed by atoms with E-state index in [9.17, 15) is 9.59 Å². The number of halogens is 1. The van der Waals surface area contributed by atoms with Gasteiger partial charge < -0.3 is 14.8 Å². The fraction of sp³-hybridized carbons (Fsp3) is 0.500. The fourth-order valence-electron chi connectivity index (χ4n) is 4.56. The zero-order valence-electron chi connectivity index (χ0n) is 22.3. The van der Waals surface area contributed by atoms with Gasteiger partial charge in [-0.15, -0.1) is 0 Å². The number of nitrogens with zero attached hydrogens (tertiary/aromatic N) is 3. The van der Waals surface area contributed by atoms with Gasteiger partial charge in [-0.25, -0.2) is 29.2 Å². The standard InChI is InChI=1S/C26H34FN5O4S/c1-24(2,3)36-23(34)31-22-25(4,5)37(10-11-37)15-26(6,32-22)17-12-16(8-9-18(17)27)30-21(33)19-13-29-20(35-7)14-28-19/h8-9,12-14H,10-11,15H2,1-7H3,(H,30,33)(H,31,32,34)/t26-/m0/s1. The molecular weight excluding hydrogens is 497 g/mol. The molecule has 2 aromatic rings. The molecule has 2 aliphatic heterocycles. The summed E-state index contributed by atoms with van der Waals surface area (Å²) < 4.78 is 25.4. The number of carbonyl (C=O) groups excluding carboxylic acids is 2. The summed E-state index contributed by atoms with van der Waals surface area (Å²) in [4.78, 5) is 38.4. The van der Waals surface area contributed by atoms with Crippen LogP contribution in [0.3, 0.4) is 0 Å². The van der Waals surface area contributed by atoms with E-state index in [0.717, 1.165) is 11.5 Å². The molecule has 0 unspecified atom stereocenters.